The lowest BCUT2D eigenvalue weighted by Crippen LogP contribution is -2.30. The zero-order valence-electron chi connectivity index (χ0n) is 45.7. The van der Waals surface area contributed by atoms with Gasteiger partial charge in [0.05, 0.1) is 0 Å². The average molecular weight is 982 g/mol. The molecule has 71 heavy (non-hydrogen) atoms. The van der Waals surface area contributed by atoms with Gasteiger partial charge in [-0.25, -0.2) is 0 Å². The van der Waals surface area contributed by atoms with Crippen LogP contribution in [0.5, 0.6) is 0 Å². The van der Waals surface area contributed by atoms with Crippen LogP contribution >= 0.6 is 0 Å². The summed E-state index contributed by atoms with van der Waals surface area (Å²) in [6.07, 6.45) is 81.8. The first-order chi connectivity index (χ1) is 35.0. The highest BCUT2D eigenvalue weighted by Gasteiger charge is 2.19. The van der Waals surface area contributed by atoms with Crippen LogP contribution in [0, 0.1) is 0 Å². The van der Waals surface area contributed by atoms with Gasteiger partial charge in [0, 0.05) is 19.3 Å². The van der Waals surface area contributed by atoms with Crippen LogP contribution in [-0.2, 0) is 28.6 Å². The Morgan fingerprint density at radius 2 is 0.549 bits per heavy atom. The van der Waals surface area contributed by atoms with E-state index in [2.05, 4.69) is 154 Å². The minimum atomic E-state index is -0.806. The van der Waals surface area contributed by atoms with Crippen LogP contribution < -0.4 is 0 Å². The van der Waals surface area contributed by atoms with Crippen LogP contribution in [0.1, 0.15) is 239 Å². The molecule has 1 unspecified atom stereocenters. The first-order valence-electron chi connectivity index (χ1n) is 28.7. The van der Waals surface area contributed by atoms with E-state index >= 15 is 0 Å². The standard InChI is InChI=1S/C65H104O6/c1-4-7-10-13-16-18-20-22-24-26-28-30-31-32-33-35-36-38-40-42-44-46-49-52-55-58-64(67)70-61-62(60-69-63(66)57-54-51-48-15-12-9-6-3)71-65(68)59-56-53-50-47-45-43-41-39-37-34-29-27-25-23-21-19-17-14-11-8-5-2/h7-8,10-11,16-19,22-25,28-30,32-34,39,41,45,47,62H,4-6,9,12-15,20-21,26-27,31,35-38,40,42-44,46,48-61H2,1-3H3/b10-7-,11-8-,18-16-,19-17-,24-22-,25-23-,30-28-,33-32-,34-29-,41-39-,47-45-. The van der Waals surface area contributed by atoms with Gasteiger partial charge >= 0.3 is 17.9 Å². The van der Waals surface area contributed by atoms with E-state index in [0.29, 0.717) is 19.3 Å². The summed E-state index contributed by atoms with van der Waals surface area (Å²) in [5, 5.41) is 0. The third-order valence-electron chi connectivity index (χ3n) is 11.7. The molecule has 0 N–H and O–H groups in total. The van der Waals surface area contributed by atoms with Crippen molar-refractivity contribution in [3.63, 3.8) is 0 Å². The van der Waals surface area contributed by atoms with Crippen molar-refractivity contribution in [1.82, 2.24) is 0 Å². The van der Waals surface area contributed by atoms with Crippen molar-refractivity contribution in [2.24, 2.45) is 0 Å². The van der Waals surface area contributed by atoms with E-state index in [4.69, 9.17) is 14.2 Å². The van der Waals surface area contributed by atoms with Gasteiger partial charge in [-0.3, -0.25) is 14.4 Å². The number of carbonyl (C=O) groups excluding carboxylic acids is 3. The minimum Gasteiger partial charge on any atom is -0.462 e. The topological polar surface area (TPSA) is 78.9 Å². The molecule has 0 rings (SSSR count). The average Bonchev–Trinajstić information content (AvgIpc) is 3.37. The molecular formula is C65H104O6. The number of hydrogen-bond acceptors (Lipinski definition) is 6. The lowest BCUT2D eigenvalue weighted by atomic mass is 10.1. The molecule has 0 radical (unpaired) electrons. The largest absolute Gasteiger partial charge is 0.462 e. The third-order valence-corrected chi connectivity index (χ3v) is 11.7. The van der Waals surface area contributed by atoms with Crippen LogP contribution in [0.15, 0.2) is 134 Å². The first kappa shape index (κ1) is 66.6. The highest BCUT2D eigenvalue weighted by molar-refractivity contribution is 5.71. The molecule has 6 nitrogen and oxygen atoms in total. The van der Waals surface area contributed by atoms with E-state index in [1.165, 1.54) is 64.2 Å². The molecule has 1 atom stereocenters. The summed E-state index contributed by atoms with van der Waals surface area (Å²) in [5.74, 6) is -0.963. The minimum absolute atomic E-state index is 0.101. The molecule has 6 heteroatoms. The van der Waals surface area contributed by atoms with E-state index in [1.54, 1.807) is 0 Å². The number of allylic oxidation sites excluding steroid dienone is 22. The maximum absolute atomic E-state index is 12.8. The smallest absolute Gasteiger partial charge is 0.306 e. The van der Waals surface area contributed by atoms with Gasteiger partial charge in [0.15, 0.2) is 6.10 Å². The molecule has 0 aliphatic carbocycles. The van der Waals surface area contributed by atoms with Gasteiger partial charge in [-0.15, -0.1) is 0 Å². The number of esters is 3. The summed E-state index contributed by atoms with van der Waals surface area (Å²) < 4.78 is 16.7. The highest BCUT2D eigenvalue weighted by Crippen LogP contribution is 2.14. The maximum atomic E-state index is 12.8. The lowest BCUT2D eigenvalue weighted by molar-refractivity contribution is -0.167. The van der Waals surface area contributed by atoms with Gasteiger partial charge in [0.25, 0.3) is 0 Å². The monoisotopic (exact) mass is 981 g/mol. The van der Waals surface area contributed by atoms with Crippen molar-refractivity contribution >= 4 is 17.9 Å². The van der Waals surface area contributed by atoms with Crippen molar-refractivity contribution < 1.29 is 28.6 Å². The van der Waals surface area contributed by atoms with Gasteiger partial charge < -0.3 is 14.2 Å². The molecule has 0 heterocycles. The Hall–Kier alpha value is -4.45. The Labute approximate surface area is 436 Å². The van der Waals surface area contributed by atoms with E-state index in [9.17, 15) is 14.4 Å². The summed E-state index contributed by atoms with van der Waals surface area (Å²) in [6.45, 7) is 6.32. The summed E-state index contributed by atoms with van der Waals surface area (Å²) in [5.41, 5.74) is 0. The number of rotatable bonds is 50. The Morgan fingerprint density at radius 1 is 0.296 bits per heavy atom. The predicted octanol–water partition coefficient (Wildman–Crippen LogP) is 19.4. The number of hydrogen-bond donors (Lipinski definition) is 0. The molecule has 0 aliphatic rings. The number of ether oxygens (including phenoxy) is 3. The van der Waals surface area contributed by atoms with Crippen LogP contribution in [0.3, 0.4) is 0 Å². The normalized spacial score (nSPS) is 13.1. The van der Waals surface area contributed by atoms with Gasteiger partial charge in [-0.2, -0.15) is 0 Å². The molecule has 0 saturated carbocycles. The molecule has 0 bridgehead atoms. The van der Waals surface area contributed by atoms with Crippen molar-refractivity contribution in [2.75, 3.05) is 13.2 Å². The summed E-state index contributed by atoms with van der Waals surface area (Å²) in [6, 6.07) is 0. The zero-order chi connectivity index (χ0) is 51.4. The Kier molecular flexibility index (Phi) is 54.5. The quantitative estimate of drug-likeness (QED) is 0.0262. The molecule has 0 fully saturated rings. The summed E-state index contributed by atoms with van der Waals surface area (Å²) >= 11 is 0. The van der Waals surface area contributed by atoms with Gasteiger partial charge in [0.1, 0.15) is 13.2 Å². The van der Waals surface area contributed by atoms with Gasteiger partial charge in [-0.05, 0) is 116 Å². The fourth-order valence-corrected chi connectivity index (χ4v) is 7.41. The molecule has 0 aromatic rings. The third kappa shape index (κ3) is 56.3. The fourth-order valence-electron chi connectivity index (χ4n) is 7.41. The molecule has 0 amide bonds. The summed E-state index contributed by atoms with van der Waals surface area (Å²) in [4.78, 5) is 38.0. The first-order valence-corrected chi connectivity index (χ1v) is 28.7. The van der Waals surface area contributed by atoms with Gasteiger partial charge in [-0.1, -0.05) is 238 Å². The molecule has 0 aliphatic heterocycles. The molecule has 0 aromatic carbocycles. The van der Waals surface area contributed by atoms with Crippen molar-refractivity contribution in [2.45, 2.75) is 245 Å². The molecule has 0 spiro atoms. The lowest BCUT2D eigenvalue weighted by Gasteiger charge is -2.18. The van der Waals surface area contributed by atoms with Crippen LogP contribution in [-0.4, -0.2) is 37.2 Å². The van der Waals surface area contributed by atoms with Crippen molar-refractivity contribution in [1.29, 1.82) is 0 Å². The maximum Gasteiger partial charge on any atom is 0.306 e. The predicted molar refractivity (Wildman–Crippen MR) is 306 cm³/mol. The Morgan fingerprint density at radius 3 is 0.887 bits per heavy atom. The second-order valence-corrected chi connectivity index (χ2v) is 18.4. The van der Waals surface area contributed by atoms with Crippen molar-refractivity contribution in [3.05, 3.63) is 134 Å². The second kappa shape index (κ2) is 58.1. The SMILES string of the molecule is CC/C=C\C/C=C\C/C=C\C/C=C\C/C=C\C/C=C\CCCCC(=O)OC(COC(=O)CCCCCCCCC)COC(=O)CCCCCCCCCCC/C=C\C/C=C\C/C=C\C/C=C\C/C=C\CC. The zero-order valence-corrected chi connectivity index (χ0v) is 45.7. The molecular weight excluding hydrogens is 877 g/mol. The fraction of sp³-hybridized carbons (Fsp3) is 0.615. The molecule has 400 valence electrons. The van der Waals surface area contributed by atoms with E-state index in [0.717, 1.165) is 128 Å². The van der Waals surface area contributed by atoms with Crippen molar-refractivity contribution in [3.8, 4) is 0 Å². The van der Waals surface area contributed by atoms with E-state index < -0.39 is 6.10 Å². The Balaban J connectivity index is 4.30. The number of unbranched alkanes of at least 4 members (excludes halogenated alkanes) is 17. The van der Waals surface area contributed by atoms with Gasteiger partial charge in [0.2, 0.25) is 0 Å². The summed E-state index contributed by atoms with van der Waals surface area (Å²) in [7, 11) is 0. The van der Waals surface area contributed by atoms with Crippen LogP contribution in [0.2, 0.25) is 0 Å². The molecule has 0 saturated heterocycles. The Bertz CT molecular complexity index is 1550. The van der Waals surface area contributed by atoms with E-state index in [-0.39, 0.29) is 37.5 Å². The number of carbonyl (C=O) groups is 3. The van der Waals surface area contributed by atoms with Crippen LogP contribution in [0.25, 0.3) is 0 Å². The van der Waals surface area contributed by atoms with Crippen LogP contribution in [0.4, 0.5) is 0 Å². The highest BCUT2D eigenvalue weighted by atomic mass is 16.6. The molecule has 0 aromatic heterocycles. The van der Waals surface area contributed by atoms with E-state index in [1.807, 2.05) is 0 Å². The second-order valence-electron chi connectivity index (χ2n) is 18.4.